The number of nitrogens with one attached hydrogen (secondary N) is 1. The number of likely N-dealkylation sites (N-methyl/N-ethyl adjacent to an activating group) is 1. The van der Waals surface area contributed by atoms with Gasteiger partial charge in [-0.1, -0.05) is 12.1 Å². The van der Waals surface area contributed by atoms with Gasteiger partial charge in [-0.2, -0.15) is 0 Å². The zero-order chi connectivity index (χ0) is 20.4. The molecule has 29 heavy (non-hydrogen) atoms. The van der Waals surface area contributed by atoms with Crippen LogP contribution in [0, 0.1) is 0 Å². The summed E-state index contributed by atoms with van der Waals surface area (Å²) in [6.45, 7) is 2.60. The third kappa shape index (κ3) is 4.27. The number of amides is 1. The van der Waals surface area contributed by atoms with Gasteiger partial charge in [-0.25, -0.2) is 0 Å². The van der Waals surface area contributed by atoms with Crippen molar-refractivity contribution in [1.82, 2.24) is 4.90 Å². The van der Waals surface area contributed by atoms with Crippen LogP contribution in [0.15, 0.2) is 36.4 Å². The highest BCUT2D eigenvalue weighted by Gasteiger charge is 2.24. The molecule has 2 heterocycles. The summed E-state index contributed by atoms with van der Waals surface area (Å²) in [5.41, 5.74) is 0.789. The molecule has 0 fully saturated rings. The number of ketones is 1. The van der Waals surface area contributed by atoms with Crippen molar-refractivity contribution >= 4 is 17.4 Å². The Morgan fingerprint density at radius 2 is 1.79 bits per heavy atom. The minimum atomic E-state index is -0.244. The zero-order valence-electron chi connectivity index (χ0n) is 16.3. The molecule has 0 spiro atoms. The Labute approximate surface area is 168 Å². The first-order chi connectivity index (χ1) is 14.0. The van der Waals surface area contributed by atoms with Crippen molar-refractivity contribution in [3.8, 4) is 23.0 Å². The Hall–Kier alpha value is -3.26. The number of para-hydroxylation sites is 2. The molecule has 1 N–H and O–H groups in total. The Balaban J connectivity index is 1.36. The summed E-state index contributed by atoms with van der Waals surface area (Å²) in [4.78, 5) is 26.3. The molecule has 1 unspecified atom stereocenters. The molecule has 2 aromatic rings. The van der Waals surface area contributed by atoms with E-state index in [-0.39, 0.29) is 31.1 Å². The number of hydrogen-bond donors (Lipinski definition) is 1. The van der Waals surface area contributed by atoms with Crippen LogP contribution >= 0.6 is 0 Å². The summed E-state index contributed by atoms with van der Waals surface area (Å²) in [6.07, 6.45) is -0.180. The van der Waals surface area contributed by atoms with Crippen LogP contribution in [0.4, 0.5) is 5.69 Å². The van der Waals surface area contributed by atoms with Gasteiger partial charge in [-0.3, -0.25) is 14.5 Å². The van der Waals surface area contributed by atoms with Crippen molar-refractivity contribution in [3.05, 3.63) is 42.0 Å². The molecule has 8 nitrogen and oxygen atoms in total. The van der Waals surface area contributed by atoms with E-state index in [1.54, 1.807) is 12.1 Å². The summed E-state index contributed by atoms with van der Waals surface area (Å²) in [6, 6.07) is 10.7. The lowest BCUT2D eigenvalue weighted by Gasteiger charge is -2.29. The first kappa shape index (κ1) is 19.1. The molecule has 8 heteroatoms. The number of Topliss-reactive ketones (excluding diaryl/α,β-unsaturated/α-hetero) is 1. The molecule has 2 aliphatic heterocycles. The van der Waals surface area contributed by atoms with Crippen LogP contribution in [0.1, 0.15) is 17.3 Å². The molecule has 1 atom stereocenters. The molecule has 4 rings (SSSR count). The van der Waals surface area contributed by atoms with E-state index >= 15 is 0 Å². The van der Waals surface area contributed by atoms with E-state index in [1.165, 1.54) is 6.92 Å². The van der Waals surface area contributed by atoms with E-state index in [1.807, 2.05) is 36.2 Å². The number of carbonyl (C=O) groups is 2. The first-order valence-electron chi connectivity index (χ1n) is 9.31. The highest BCUT2D eigenvalue weighted by molar-refractivity contribution is 6.05. The van der Waals surface area contributed by atoms with Gasteiger partial charge in [0.2, 0.25) is 12.7 Å². The molecule has 0 saturated heterocycles. The average Bonchev–Trinajstić information content (AvgIpc) is 3.14. The van der Waals surface area contributed by atoms with Gasteiger partial charge >= 0.3 is 0 Å². The molecule has 2 aromatic carbocycles. The van der Waals surface area contributed by atoms with Gasteiger partial charge in [0.1, 0.15) is 12.7 Å². The first-order valence-corrected chi connectivity index (χ1v) is 9.31. The molecular weight excluding hydrogens is 376 g/mol. The zero-order valence-corrected chi connectivity index (χ0v) is 16.3. The van der Waals surface area contributed by atoms with Gasteiger partial charge in [-0.05, 0) is 32.2 Å². The van der Waals surface area contributed by atoms with E-state index in [2.05, 4.69) is 5.32 Å². The standard InChI is InChI=1S/C21H22N2O6/c1-13(24)15-7-19-20(28-12-27-19)8-16(15)22-21(25)10-23(2)9-14-11-26-17-5-3-4-6-18(17)29-14/h3-8,14H,9-12H2,1-2H3,(H,22,25). The highest BCUT2D eigenvalue weighted by atomic mass is 16.7. The maximum absolute atomic E-state index is 12.5. The van der Waals surface area contributed by atoms with Crippen molar-refractivity contribution in [2.24, 2.45) is 0 Å². The number of benzene rings is 2. The van der Waals surface area contributed by atoms with Crippen molar-refractivity contribution in [2.75, 3.05) is 38.9 Å². The van der Waals surface area contributed by atoms with Crippen LogP contribution in [0.2, 0.25) is 0 Å². The summed E-state index contributed by atoms with van der Waals surface area (Å²) in [5.74, 6) is 2.02. The molecule has 0 radical (unpaired) electrons. The molecule has 0 saturated carbocycles. The number of hydrogen-bond acceptors (Lipinski definition) is 7. The SMILES string of the molecule is CC(=O)c1cc2c(cc1NC(=O)CN(C)CC1COc3ccccc3O1)OCO2. The lowest BCUT2D eigenvalue weighted by Crippen LogP contribution is -2.42. The predicted octanol–water partition coefficient (Wildman–Crippen LogP) is 2.33. The summed E-state index contributed by atoms with van der Waals surface area (Å²) >= 11 is 0. The van der Waals surface area contributed by atoms with Gasteiger partial charge in [0.15, 0.2) is 28.8 Å². The summed E-state index contributed by atoms with van der Waals surface area (Å²) in [5, 5.41) is 2.80. The van der Waals surface area contributed by atoms with E-state index in [0.717, 1.165) is 5.75 Å². The van der Waals surface area contributed by atoms with Crippen LogP contribution < -0.4 is 24.3 Å². The van der Waals surface area contributed by atoms with Gasteiger partial charge < -0.3 is 24.3 Å². The molecule has 2 aliphatic rings. The third-order valence-corrected chi connectivity index (χ3v) is 4.66. The van der Waals surface area contributed by atoms with Gasteiger partial charge in [-0.15, -0.1) is 0 Å². The lowest BCUT2D eigenvalue weighted by atomic mass is 10.1. The fraction of sp³-hybridized carbons (Fsp3) is 0.333. The Morgan fingerprint density at radius 3 is 2.55 bits per heavy atom. The second-order valence-electron chi connectivity index (χ2n) is 7.05. The lowest BCUT2D eigenvalue weighted by molar-refractivity contribution is -0.117. The normalized spacial score (nSPS) is 16.6. The van der Waals surface area contributed by atoms with E-state index in [0.29, 0.717) is 41.7 Å². The minimum Gasteiger partial charge on any atom is -0.486 e. The van der Waals surface area contributed by atoms with Crippen LogP contribution in [0.5, 0.6) is 23.0 Å². The van der Waals surface area contributed by atoms with Gasteiger partial charge in [0.25, 0.3) is 0 Å². The van der Waals surface area contributed by atoms with Crippen molar-refractivity contribution in [1.29, 1.82) is 0 Å². The van der Waals surface area contributed by atoms with Crippen LogP contribution in [0.3, 0.4) is 0 Å². The predicted molar refractivity (Wildman–Crippen MR) is 105 cm³/mol. The fourth-order valence-corrected chi connectivity index (χ4v) is 3.34. The largest absolute Gasteiger partial charge is 0.486 e. The molecular formula is C21H22N2O6. The summed E-state index contributed by atoms with van der Waals surface area (Å²) < 4.78 is 22.3. The van der Waals surface area contributed by atoms with E-state index in [9.17, 15) is 9.59 Å². The number of nitrogens with zero attached hydrogens (tertiary/aromatic N) is 1. The monoisotopic (exact) mass is 398 g/mol. The van der Waals surface area contributed by atoms with E-state index in [4.69, 9.17) is 18.9 Å². The number of fused-ring (bicyclic) bond motifs is 2. The van der Waals surface area contributed by atoms with Crippen LogP contribution in [0.25, 0.3) is 0 Å². The quantitative estimate of drug-likeness (QED) is 0.748. The second kappa shape index (κ2) is 8.00. The highest BCUT2D eigenvalue weighted by Crippen LogP contribution is 2.37. The smallest absolute Gasteiger partial charge is 0.238 e. The second-order valence-corrected chi connectivity index (χ2v) is 7.05. The van der Waals surface area contributed by atoms with Gasteiger partial charge in [0, 0.05) is 18.2 Å². The Morgan fingerprint density at radius 1 is 1.07 bits per heavy atom. The van der Waals surface area contributed by atoms with Crippen LogP contribution in [-0.2, 0) is 4.79 Å². The van der Waals surface area contributed by atoms with Crippen LogP contribution in [-0.4, -0.2) is 56.2 Å². The number of anilines is 1. The maximum Gasteiger partial charge on any atom is 0.238 e. The van der Waals surface area contributed by atoms with Gasteiger partial charge in [0.05, 0.1) is 12.2 Å². The molecule has 0 aromatic heterocycles. The topological polar surface area (TPSA) is 86.3 Å². The van der Waals surface area contributed by atoms with Crippen molar-refractivity contribution < 1.29 is 28.5 Å². The fourth-order valence-electron chi connectivity index (χ4n) is 3.34. The number of rotatable bonds is 6. The summed E-state index contributed by atoms with van der Waals surface area (Å²) in [7, 11) is 1.83. The van der Waals surface area contributed by atoms with E-state index < -0.39 is 0 Å². The maximum atomic E-state index is 12.5. The molecule has 0 bridgehead atoms. The average molecular weight is 398 g/mol. The molecule has 152 valence electrons. The molecule has 0 aliphatic carbocycles. The van der Waals surface area contributed by atoms with Crippen molar-refractivity contribution in [3.63, 3.8) is 0 Å². The third-order valence-electron chi connectivity index (χ3n) is 4.66. The minimum absolute atomic E-state index is 0.0966. The Kier molecular flexibility index (Phi) is 5.26. The van der Waals surface area contributed by atoms with Crippen molar-refractivity contribution in [2.45, 2.75) is 13.0 Å². The number of carbonyl (C=O) groups excluding carboxylic acids is 2. The Bertz CT molecular complexity index is 945. The molecule has 1 amide bonds. The number of ether oxygens (including phenoxy) is 4.